The van der Waals surface area contributed by atoms with Gasteiger partial charge in [-0.3, -0.25) is 0 Å². The van der Waals surface area contributed by atoms with Gasteiger partial charge in [0.2, 0.25) is 0 Å². The van der Waals surface area contributed by atoms with E-state index in [1.807, 2.05) is 6.07 Å². The van der Waals surface area contributed by atoms with Crippen molar-refractivity contribution in [2.24, 2.45) is 0 Å². The fourth-order valence-electron chi connectivity index (χ4n) is 1.42. The lowest BCUT2D eigenvalue weighted by Gasteiger charge is -2.00. The zero-order valence-electron chi connectivity index (χ0n) is 7.34. The standard InChI is InChI=1S/C9H7BrF2N2/c1-5-7-3-2-6(10)4-8(7)14(13-5)9(11)12/h2-4,9H,1H3. The van der Waals surface area contributed by atoms with Crippen LogP contribution in [0.1, 0.15) is 12.2 Å². The van der Waals surface area contributed by atoms with Crippen molar-refractivity contribution in [1.29, 1.82) is 0 Å². The third kappa shape index (κ3) is 1.41. The molecule has 0 aliphatic heterocycles. The van der Waals surface area contributed by atoms with Gasteiger partial charge < -0.3 is 0 Å². The number of aromatic nitrogens is 2. The van der Waals surface area contributed by atoms with Crippen LogP contribution in [-0.2, 0) is 0 Å². The molecule has 1 heterocycles. The predicted molar refractivity (Wildman–Crippen MR) is 53.4 cm³/mol. The van der Waals surface area contributed by atoms with E-state index in [2.05, 4.69) is 21.0 Å². The largest absolute Gasteiger partial charge is 0.333 e. The van der Waals surface area contributed by atoms with Crippen molar-refractivity contribution in [3.8, 4) is 0 Å². The van der Waals surface area contributed by atoms with Crippen LogP contribution in [0.25, 0.3) is 10.9 Å². The lowest BCUT2D eigenvalue weighted by Crippen LogP contribution is -1.99. The average molecular weight is 261 g/mol. The van der Waals surface area contributed by atoms with Gasteiger partial charge in [0.05, 0.1) is 11.2 Å². The van der Waals surface area contributed by atoms with Gasteiger partial charge in [0.25, 0.3) is 0 Å². The first-order valence-electron chi connectivity index (χ1n) is 4.02. The van der Waals surface area contributed by atoms with Crippen LogP contribution in [0.5, 0.6) is 0 Å². The number of rotatable bonds is 1. The Labute approximate surface area is 87.6 Å². The Morgan fingerprint density at radius 3 is 2.79 bits per heavy atom. The maximum atomic E-state index is 12.5. The molecule has 0 bridgehead atoms. The van der Waals surface area contributed by atoms with Gasteiger partial charge >= 0.3 is 6.55 Å². The number of hydrogen-bond acceptors (Lipinski definition) is 1. The van der Waals surface area contributed by atoms with Crippen molar-refractivity contribution in [1.82, 2.24) is 9.78 Å². The van der Waals surface area contributed by atoms with Crippen molar-refractivity contribution >= 4 is 26.8 Å². The summed E-state index contributed by atoms with van der Waals surface area (Å²) >= 11 is 3.24. The summed E-state index contributed by atoms with van der Waals surface area (Å²) < 4.78 is 26.6. The summed E-state index contributed by atoms with van der Waals surface area (Å²) in [5.41, 5.74) is 1.07. The van der Waals surface area contributed by atoms with Crippen LogP contribution in [0.4, 0.5) is 8.78 Å². The molecule has 0 radical (unpaired) electrons. The van der Waals surface area contributed by atoms with E-state index in [-0.39, 0.29) is 0 Å². The first-order chi connectivity index (χ1) is 6.59. The van der Waals surface area contributed by atoms with Crippen LogP contribution in [0.15, 0.2) is 22.7 Å². The van der Waals surface area contributed by atoms with E-state index in [0.717, 1.165) is 14.5 Å². The van der Waals surface area contributed by atoms with Gasteiger partial charge in [0.15, 0.2) is 0 Å². The second kappa shape index (κ2) is 3.31. The Balaban J connectivity index is 2.79. The fraction of sp³-hybridized carbons (Fsp3) is 0.222. The molecule has 0 amide bonds. The minimum Gasteiger partial charge on any atom is -0.203 e. The summed E-state index contributed by atoms with van der Waals surface area (Å²) in [6, 6.07) is 5.23. The normalized spacial score (nSPS) is 11.5. The molecule has 74 valence electrons. The van der Waals surface area contributed by atoms with Crippen LogP contribution >= 0.6 is 15.9 Å². The monoisotopic (exact) mass is 260 g/mol. The zero-order valence-corrected chi connectivity index (χ0v) is 8.92. The molecule has 0 saturated heterocycles. The molecule has 0 spiro atoms. The molecular formula is C9H7BrF2N2. The second-order valence-corrected chi connectivity index (χ2v) is 3.88. The Hall–Kier alpha value is -0.970. The van der Waals surface area contributed by atoms with Crippen LogP contribution in [-0.4, -0.2) is 9.78 Å². The smallest absolute Gasteiger partial charge is 0.203 e. The van der Waals surface area contributed by atoms with E-state index in [1.165, 1.54) is 0 Å². The van der Waals surface area contributed by atoms with Gasteiger partial charge in [0, 0.05) is 9.86 Å². The maximum Gasteiger partial charge on any atom is 0.333 e. The highest BCUT2D eigenvalue weighted by Crippen LogP contribution is 2.25. The molecule has 0 saturated carbocycles. The molecule has 1 aromatic carbocycles. The minimum absolute atomic E-state index is 0.451. The molecule has 2 aromatic rings. The lowest BCUT2D eigenvalue weighted by atomic mass is 10.2. The van der Waals surface area contributed by atoms with Gasteiger partial charge in [-0.15, -0.1) is 0 Å². The molecule has 0 unspecified atom stereocenters. The third-order valence-corrected chi connectivity index (χ3v) is 2.53. The number of halogens is 3. The Kier molecular flexibility index (Phi) is 2.26. The van der Waals surface area contributed by atoms with Crippen molar-refractivity contribution in [3.05, 3.63) is 28.4 Å². The molecule has 0 N–H and O–H groups in total. The number of nitrogens with zero attached hydrogens (tertiary/aromatic N) is 2. The summed E-state index contributed by atoms with van der Waals surface area (Å²) in [5, 5.41) is 4.53. The summed E-state index contributed by atoms with van der Waals surface area (Å²) in [5.74, 6) is 0. The number of hydrogen-bond donors (Lipinski definition) is 0. The molecule has 1 aromatic heterocycles. The highest BCUT2D eigenvalue weighted by atomic mass is 79.9. The number of fused-ring (bicyclic) bond motifs is 1. The topological polar surface area (TPSA) is 17.8 Å². The Morgan fingerprint density at radius 2 is 2.14 bits per heavy atom. The lowest BCUT2D eigenvalue weighted by molar-refractivity contribution is 0.0612. The number of alkyl halides is 2. The molecule has 2 nitrogen and oxygen atoms in total. The number of benzene rings is 1. The number of aryl methyl sites for hydroxylation is 1. The van der Waals surface area contributed by atoms with Crippen molar-refractivity contribution in [2.45, 2.75) is 13.5 Å². The van der Waals surface area contributed by atoms with Crippen LogP contribution in [0.2, 0.25) is 0 Å². The summed E-state index contributed by atoms with van der Waals surface area (Å²) in [7, 11) is 0. The Morgan fingerprint density at radius 1 is 1.43 bits per heavy atom. The van der Waals surface area contributed by atoms with Crippen molar-refractivity contribution in [3.63, 3.8) is 0 Å². The predicted octanol–water partition coefficient (Wildman–Crippen LogP) is 3.50. The highest BCUT2D eigenvalue weighted by Gasteiger charge is 2.13. The molecular weight excluding hydrogens is 254 g/mol. The average Bonchev–Trinajstić information content (AvgIpc) is 2.43. The Bertz CT molecular complexity index is 479. The van der Waals surface area contributed by atoms with Crippen LogP contribution in [0, 0.1) is 6.92 Å². The van der Waals surface area contributed by atoms with Gasteiger partial charge in [0.1, 0.15) is 0 Å². The van der Waals surface area contributed by atoms with E-state index in [9.17, 15) is 8.78 Å². The first-order valence-corrected chi connectivity index (χ1v) is 4.81. The van der Waals surface area contributed by atoms with Gasteiger partial charge in [-0.1, -0.05) is 15.9 Å². The molecule has 14 heavy (non-hydrogen) atoms. The fourth-order valence-corrected chi connectivity index (χ4v) is 1.77. The maximum absolute atomic E-state index is 12.5. The molecule has 5 heteroatoms. The quantitative estimate of drug-likeness (QED) is 0.768. The molecule has 2 rings (SSSR count). The van der Waals surface area contributed by atoms with E-state index < -0.39 is 6.55 Å². The zero-order chi connectivity index (χ0) is 10.3. The van der Waals surface area contributed by atoms with Gasteiger partial charge in [-0.25, -0.2) is 4.68 Å². The van der Waals surface area contributed by atoms with Crippen LogP contribution < -0.4 is 0 Å². The summed E-state index contributed by atoms with van der Waals surface area (Å²) in [4.78, 5) is 0. The second-order valence-electron chi connectivity index (χ2n) is 2.97. The molecule has 0 aliphatic rings. The van der Waals surface area contributed by atoms with Gasteiger partial charge in [-0.05, 0) is 25.1 Å². The first kappa shape index (κ1) is 9.58. The molecule has 0 fully saturated rings. The van der Waals surface area contributed by atoms with E-state index in [4.69, 9.17) is 0 Å². The van der Waals surface area contributed by atoms with Crippen molar-refractivity contribution < 1.29 is 8.78 Å². The summed E-state index contributed by atoms with van der Waals surface area (Å²) in [6.07, 6.45) is 0. The van der Waals surface area contributed by atoms with Crippen molar-refractivity contribution in [2.75, 3.05) is 0 Å². The van der Waals surface area contributed by atoms with E-state index in [0.29, 0.717) is 11.2 Å². The highest BCUT2D eigenvalue weighted by molar-refractivity contribution is 9.10. The molecule has 0 atom stereocenters. The minimum atomic E-state index is -2.60. The summed E-state index contributed by atoms with van der Waals surface area (Å²) in [6.45, 7) is -0.879. The van der Waals surface area contributed by atoms with E-state index in [1.54, 1.807) is 19.1 Å². The van der Waals surface area contributed by atoms with E-state index >= 15 is 0 Å². The van der Waals surface area contributed by atoms with Crippen LogP contribution in [0.3, 0.4) is 0 Å². The third-order valence-electron chi connectivity index (χ3n) is 2.04. The molecule has 0 aliphatic carbocycles. The SMILES string of the molecule is Cc1nn(C(F)F)c2cc(Br)ccc12. The van der Waals surface area contributed by atoms with Gasteiger partial charge in [-0.2, -0.15) is 13.9 Å².